The van der Waals surface area contributed by atoms with Crippen molar-refractivity contribution in [1.29, 1.82) is 0 Å². The van der Waals surface area contributed by atoms with Crippen LogP contribution < -0.4 is 10.1 Å². The molecule has 0 aliphatic heterocycles. The highest BCUT2D eigenvalue weighted by molar-refractivity contribution is 6.13. The third-order valence-corrected chi connectivity index (χ3v) is 4.63. The van der Waals surface area contributed by atoms with E-state index in [2.05, 4.69) is 15.0 Å². The number of aromatic nitrogens is 1. The lowest BCUT2D eigenvalue weighted by molar-refractivity contribution is -0.0494. The minimum Gasteiger partial charge on any atom is -0.433 e. The van der Waals surface area contributed by atoms with E-state index in [4.69, 9.17) is 0 Å². The molecule has 1 N–H and O–H groups in total. The summed E-state index contributed by atoms with van der Waals surface area (Å²) in [5, 5.41) is 3.37. The van der Waals surface area contributed by atoms with Crippen LogP contribution >= 0.6 is 12.4 Å². The van der Waals surface area contributed by atoms with Gasteiger partial charge in [-0.05, 0) is 36.8 Å². The zero-order valence-corrected chi connectivity index (χ0v) is 17.3. The van der Waals surface area contributed by atoms with E-state index in [1.165, 1.54) is 6.07 Å². The van der Waals surface area contributed by atoms with Crippen LogP contribution in [0.15, 0.2) is 78.9 Å². The fraction of sp³-hybridized carbons (Fsp3) is 0.0833. The number of halogens is 3. The Morgan fingerprint density at radius 3 is 2.42 bits per heavy atom. The number of hydrogen-bond acceptors (Lipinski definition) is 3. The number of nitrogens with one attached hydrogen (secondary N) is 1. The van der Waals surface area contributed by atoms with Crippen LogP contribution in [0, 0.1) is 6.92 Å². The number of rotatable bonds is 5. The summed E-state index contributed by atoms with van der Waals surface area (Å²) in [6.45, 7) is -1.24. The van der Waals surface area contributed by atoms with Crippen LogP contribution in [0.3, 0.4) is 0 Å². The molecule has 0 saturated heterocycles. The summed E-state index contributed by atoms with van der Waals surface area (Å²) in [5.41, 5.74) is 3.49. The molecule has 0 aliphatic rings. The fourth-order valence-electron chi connectivity index (χ4n) is 3.24. The predicted octanol–water partition coefficient (Wildman–Crippen LogP) is 6.49. The number of amides is 1. The zero-order valence-electron chi connectivity index (χ0n) is 16.5. The molecule has 31 heavy (non-hydrogen) atoms. The number of benzene rings is 3. The molecular weight excluding hydrogens is 422 g/mol. The van der Waals surface area contributed by atoms with Crippen molar-refractivity contribution in [3.8, 4) is 17.0 Å². The SMILES string of the molecule is Cc1ccc(NC(=O)c2cc(-c3ccccc3)nc3ccccc23)c(OC(F)F)c1.Cl. The second-order valence-corrected chi connectivity index (χ2v) is 6.77. The topological polar surface area (TPSA) is 51.2 Å². The number of fused-ring (bicyclic) bond motifs is 1. The first kappa shape index (κ1) is 22.2. The normalized spacial score (nSPS) is 10.6. The number of alkyl halides is 2. The Kier molecular flexibility index (Phi) is 6.82. The number of ether oxygens (including phenoxy) is 1. The Labute approximate surface area is 184 Å². The first-order valence-corrected chi connectivity index (χ1v) is 9.33. The van der Waals surface area contributed by atoms with Crippen LogP contribution in [0.5, 0.6) is 5.75 Å². The summed E-state index contributed by atoms with van der Waals surface area (Å²) in [6.07, 6.45) is 0. The molecule has 1 amide bonds. The maximum Gasteiger partial charge on any atom is 0.387 e. The van der Waals surface area contributed by atoms with Gasteiger partial charge < -0.3 is 10.1 Å². The molecule has 4 rings (SSSR count). The number of carbonyl (C=O) groups excluding carboxylic acids is 1. The molecule has 4 aromatic rings. The van der Waals surface area contributed by atoms with Gasteiger partial charge >= 0.3 is 6.61 Å². The molecule has 158 valence electrons. The number of nitrogens with zero attached hydrogens (tertiary/aromatic N) is 1. The summed E-state index contributed by atoms with van der Waals surface area (Å²) in [7, 11) is 0. The molecule has 0 spiro atoms. The van der Waals surface area contributed by atoms with Crippen LogP contribution in [0.1, 0.15) is 15.9 Å². The Morgan fingerprint density at radius 1 is 0.968 bits per heavy atom. The summed E-state index contributed by atoms with van der Waals surface area (Å²) in [5.74, 6) is -0.520. The highest BCUT2D eigenvalue weighted by atomic mass is 35.5. The minimum absolute atomic E-state index is 0. The van der Waals surface area contributed by atoms with Gasteiger partial charge in [0, 0.05) is 10.9 Å². The molecule has 1 heterocycles. The average Bonchev–Trinajstić information content (AvgIpc) is 2.75. The van der Waals surface area contributed by atoms with Gasteiger partial charge in [-0.15, -0.1) is 12.4 Å². The number of aryl methyl sites for hydroxylation is 1. The first-order chi connectivity index (χ1) is 14.5. The molecule has 0 atom stereocenters. The third-order valence-electron chi connectivity index (χ3n) is 4.63. The maximum absolute atomic E-state index is 13.2. The van der Waals surface area contributed by atoms with Crippen molar-refractivity contribution in [1.82, 2.24) is 4.98 Å². The number of carbonyl (C=O) groups is 1. The first-order valence-electron chi connectivity index (χ1n) is 9.33. The molecule has 0 bridgehead atoms. The van der Waals surface area contributed by atoms with Gasteiger partial charge in [0.2, 0.25) is 0 Å². The minimum atomic E-state index is -2.99. The summed E-state index contributed by atoms with van der Waals surface area (Å²) >= 11 is 0. The van der Waals surface area contributed by atoms with E-state index in [0.29, 0.717) is 22.2 Å². The second kappa shape index (κ2) is 9.53. The van der Waals surface area contributed by atoms with Crippen molar-refractivity contribution < 1.29 is 18.3 Å². The summed E-state index contributed by atoms with van der Waals surface area (Å²) < 4.78 is 30.2. The maximum atomic E-state index is 13.2. The van der Waals surface area contributed by atoms with E-state index in [1.807, 2.05) is 48.5 Å². The van der Waals surface area contributed by atoms with Gasteiger partial charge in [-0.1, -0.05) is 54.6 Å². The van der Waals surface area contributed by atoms with Crippen LogP contribution in [0.2, 0.25) is 0 Å². The third kappa shape index (κ3) is 4.98. The standard InChI is InChI=1S/C24H18F2N2O2.ClH/c1-15-11-12-20(22(13-15)30-24(25)26)28-23(29)18-14-21(16-7-3-2-4-8-16)27-19-10-6-5-9-17(18)19;/h2-14,24H,1H3,(H,28,29);1H. The van der Waals surface area contributed by atoms with Crippen molar-refractivity contribution in [3.05, 3.63) is 90.0 Å². The zero-order chi connectivity index (χ0) is 21.1. The lowest BCUT2D eigenvalue weighted by Gasteiger charge is -2.14. The van der Waals surface area contributed by atoms with E-state index in [-0.39, 0.29) is 23.8 Å². The lowest BCUT2D eigenvalue weighted by atomic mass is 10.0. The molecular formula is C24H19ClF2N2O2. The van der Waals surface area contributed by atoms with E-state index < -0.39 is 12.5 Å². The van der Waals surface area contributed by atoms with Crippen molar-refractivity contribution in [2.45, 2.75) is 13.5 Å². The van der Waals surface area contributed by atoms with Crippen LogP contribution in [-0.4, -0.2) is 17.5 Å². The van der Waals surface area contributed by atoms with Gasteiger partial charge in [-0.25, -0.2) is 4.98 Å². The molecule has 1 aromatic heterocycles. The number of para-hydroxylation sites is 1. The smallest absolute Gasteiger partial charge is 0.387 e. The van der Waals surface area contributed by atoms with Crippen LogP contribution in [-0.2, 0) is 0 Å². The molecule has 0 fully saturated rings. The molecule has 3 aromatic carbocycles. The summed E-state index contributed by atoms with van der Waals surface area (Å²) in [6, 6.07) is 23.2. The van der Waals surface area contributed by atoms with Gasteiger partial charge in [-0.2, -0.15) is 8.78 Å². The average molecular weight is 441 g/mol. The van der Waals surface area contributed by atoms with E-state index in [1.54, 1.807) is 31.2 Å². The van der Waals surface area contributed by atoms with Crippen molar-refractivity contribution in [2.75, 3.05) is 5.32 Å². The second-order valence-electron chi connectivity index (χ2n) is 6.77. The van der Waals surface area contributed by atoms with Crippen LogP contribution in [0.25, 0.3) is 22.2 Å². The highest BCUT2D eigenvalue weighted by Gasteiger charge is 2.17. The summed E-state index contributed by atoms with van der Waals surface area (Å²) in [4.78, 5) is 17.8. The van der Waals surface area contributed by atoms with Gasteiger partial charge in [0.05, 0.1) is 22.5 Å². The highest BCUT2D eigenvalue weighted by Crippen LogP contribution is 2.30. The predicted molar refractivity (Wildman–Crippen MR) is 120 cm³/mol. The van der Waals surface area contributed by atoms with E-state index >= 15 is 0 Å². The monoisotopic (exact) mass is 440 g/mol. The van der Waals surface area contributed by atoms with Crippen LogP contribution in [0.4, 0.5) is 14.5 Å². The molecule has 0 radical (unpaired) electrons. The van der Waals surface area contributed by atoms with Crippen molar-refractivity contribution >= 4 is 34.9 Å². The number of hydrogen-bond donors (Lipinski definition) is 1. The lowest BCUT2D eigenvalue weighted by Crippen LogP contribution is -2.15. The van der Waals surface area contributed by atoms with Gasteiger partial charge in [0.15, 0.2) is 0 Å². The quantitative estimate of drug-likeness (QED) is 0.386. The molecule has 4 nitrogen and oxygen atoms in total. The van der Waals surface area contributed by atoms with E-state index in [9.17, 15) is 13.6 Å². The Balaban J connectivity index is 0.00000272. The van der Waals surface area contributed by atoms with Crippen molar-refractivity contribution in [3.63, 3.8) is 0 Å². The fourth-order valence-corrected chi connectivity index (χ4v) is 3.24. The van der Waals surface area contributed by atoms with Crippen molar-refractivity contribution in [2.24, 2.45) is 0 Å². The van der Waals surface area contributed by atoms with E-state index in [0.717, 1.165) is 11.1 Å². The Hall–Kier alpha value is -3.51. The Morgan fingerprint density at radius 2 is 1.68 bits per heavy atom. The van der Waals surface area contributed by atoms with Gasteiger partial charge in [0.25, 0.3) is 5.91 Å². The number of pyridine rings is 1. The molecule has 0 saturated carbocycles. The van der Waals surface area contributed by atoms with Gasteiger partial charge in [0.1, 0.15) is 5.75 Å². The number of anilines is 1. The molecule has 0 unspecified atom stereocenters. The van der Waals surface area contributed by atoms with Gasteiger partial charge in [-0.3, -0.25) is 4.79 Å². The molecule has 7 heteroatoms. The Bertz CT molecular complexity index is 1220. The largest absolute Gasteiger partial charge is 0.433 e. The molecule has 0 aliphatic carbocycles.